The van der Waals surface area contributed by atoms with Crippen LogP contribution in [0.25, 0.3) is 0 Å². The van der Waals surface area contributed by atoms with E-state index in [2.05, 4.69) is 0 Å². The van der Waals surface area contributed by atoms with Gasteiger partial charge in [-0.1, -0.05) is 12.5 Å². The number of hydrogen-bond acceptors (Lipinski definition) is 2. The van der Waals surface area contributed by atoms with Gasteiger partial charge in [0.2, 0.25) is 0 Å². The highest BCUT2D eigenvalue weighted by Crippen LogP contribution is 2.34. The van der Waals surface area contributed by atoms with E-state index in [4.69, 9.17) is 0 Å². The van der Waals surface area contributed by atoms with Crippen molar-refractivity contribution in [2.75, 3.05) is 13.2 Å². The van der Waals surface area contributed by atoms with E-state index in [0.717, 1.165) is 25.3 Å². The van der Waals surface area contributed by atoms with Crippen molar-refractivity contribution in [1.82, 2.24) is 4.90 Å². The minimum atomic E-state index is -4.58. The summed E-state index contributed by atoms with van der Waals surface area (Å²) in [7, 11) is 0. The monoisotopic (exact) mass is 319 g/mol. The molecule has 1 N–H and O–H groups in total. The van der Waals surface area contributed by atoms with Crippen LogP contribution in [0.4, 0.5) is 17.6 Å². The third-order valence-electron chi connectivity index (χ3n) is 4.36. The lowest BCUT2D eigenvalue weighted by atomic mass is 9.84. The van der Waals surface area contributed by atoms with Crippen molar-refractivity contribution < 1.29 is 22.7 Å². The minimum Gasteiger partial charge on any atom is -0.395 e. The second kappa shape index (κ2) is 6.96. The molecule has 0 bridgehead atoms. The summed E-state index contributed by atoms with van der Waals surface area (Å²) in [5, 5.41) is 9.34. The molecule has 1 saturated carbocycles. The molecule has 1 aromatic carbocycles. The zero-order chi connectivity index (χ0) is 16.3. The number of hydrogen-bond donors (Lipinski definition) is 1. The van der Waals surface area contributed by atoms with Gasteiger partial charge in [0.25, 0.3) is 0 Å². The average molecular weight is 319 g/mol. The maximum atomic E-state index is 13.2. The quantitative estimate of drug-likeness (QED) is 0.806. The summed E-state index contributed by atoms with van der Waals surface area (Å²) < 4.78 is 52.4. The first-order valence-corrected chi connectivity index (χ1v) is 7.51. The Morgan fingerprint density at radius 3 is 2.50 bits per heavy atom. The molecule has 22 heavy (non-hydrogen) atoms. The lowest BCUT2D eigenvalue weighted by Crippen LogP contribution is -2.40. The number of aliphatic hydroxyl groups excluding tert-OH is 1. The highest BCUT2D eigenvalue weighted by atomic mass is 19.4. The third-order valence-corrected chi connectivity index (χ3v) is 4.36. The predicted molar refractivity (Wildman–Crippen MR) is 75.7 cm³/mol. The maximum absolute atomic E-state index is 13.2. The van der Waals surface area contributed by atoms with Gasteiger partial charge in [-0.25, -0.2) is 4.39 Å². The standard InChI is InChI=1S/C16H21F4NO/c1-11(10-22)21(8-12-3-2-4-12)9-13-5-6-14(17)7-15(13)16(18,19)20/h5-7,11-12,22H,2-4,8-10H2,1H3. The molecule has 6 heteroatoms. The summed E-state index contributed by atoms with van der Waals surface area (Å²) in [6.07, 6.45) is -1.28. The molecule has 0 spiro atoms. The first-order valence-electron chi connectivity index (χ1n) is 7.51. The van der Waals surface area contributed by atoms with Gasteiger partial charge in [-0.15, -0.1) is 0 Å². The second-order valence-corrected chi connectivity index (χ2v) is 6.06. The number of benzene rings is 1. The van der Waals surface area contributed by atoms with Crippen LogP contribution in [-0.4, -0.2) is 29.2 Å². The van der Waals surface area contributed by atoms with Gasteiger partial charge in [0.05, 0.1) is 12.2 Å². The Kier molecular flexibility index (Phi) is 5.45. The smallest absolute Gasteiger partial charge is 0.395 e. The molecule has 124 valence electrons. The molecule has 0 amide bonds. The van der Waals surface area contributed by atoms with E-state index in [1.54, 1.807) is 6.92 Å². The number of halogens is 4. The van der Waals surface area contributed by atoms with E-state index in [0.29, 0.717) is 18.5 Å². The van der Waals surface area contributed by atoms with Crippen LogP contribution >= 0.6 is 0 Å². The van der Waals surface area contributed by atoms with Crippen LogP contribution in [0.2, 0.25) is 0 Å². The van der Waals surface area contributed by atoms with Crippen LogP contribution in [-0.2, 0) is 12.7 Å². The van der Waals surface area contributed by atoms with Crippen LogP contribution in [0.1, 0.15) is 37.3 Å². The van der Waals surface area contributed by atoms with E-state index in [9.17, 15) is 22.7 Å². The van der Waals surface area contributed by atoms with Gasteiger partial charge in [-0.05, 0) is 43.4 Å². The highest BCUT2D eigenvalue weighted by molar-refractivity contribution is 5.30. The fraction of sp³-hybridized carbons (Fsp3) is 0.625. The third kappa shape index (κ3) is 4.20. The van der Waals surface area contributed by atoms with Crippen LogP contribution in [0.3, 0.4) is 0 Å². The molecule has 1 atom stereocenters. The molecule has 1 aliphatic carbocycles. The van der Waals surface area contributed by atoms with Gasteiger partial charge < -0.3 is 5.11 Å². The van der Waals surface area contributed by atoms with E-state index in [1.807, 2.05) is 4.90 Å². The zero-order valence-corrected chi connectivity index (χ0v) is 12.5. The number of nitrogens with zero attached hydrogens (tertiary/aromatic N) is 1. The van der Waals surface area contributed by atoms with Crippen molar-refractivity contribution in [2.45, 2.75) is 44.9 Å². The van der Waals surface area contributed by atoms with E-state index in [-0.39, 0.29) is 24.8 Å². The Bertz CT molecular complexity index is 499. The first-order chi connectivity index (χ1) is 10.3. The Morgan fingerprint density at radius 1 is 1.32 bits per heavy atom. The molecule has 0 aliphatic heterocycles. The summed E-state index contributed by atoms with van der Waals surface area (Å²) in [4.78, 5) is 1.85. The molecule has 0 heterocycles. The molecule has 0 saturated heterocycles. The van der Waals surface area contributed by atoms with E-state index < -0.39 is 17.6 Å². The van der Waals surface area contributed by atoms with Gasteiger partial charge in [0.1, 0.15) is 5.82 Å². The lowest BCUT2D eigenvalue weighted by Gasteiger charge is -2.35. The summed E-state index contributed by atoms with van der Waals surface area (Å²) >= 11 is 0. The van der Waals surface area contributed by atoms with Crippen molar-refractivity contribution in [1.29, 1.82) is 0 Å². The van der Waals surface area contributed by atoms with E-state index in [1.165, 1.54) is 6.07 Å². The van der Waals surface area contributed by atoms with Crippen molar-refractivity contribution in [3.8, 4) is 0 Å². The normalized spacial score (nSPS) is 17.6. The van der Waals surface area contributed by atoms with Crippen LogP contribution in [0, 0.1) is 11.7 Å². The van der Waals surface area contributed by atoms with Crippen LogP contribution in [0.5, 0.6) is 0 Å². The van der Waals surface area contributed by atoms with Crippen molar-refractivity contribution in [3.05, 3.63) is 35.1 Å². The van der Waals surface area contributed by atoms with Crippen molar-refractivity contribution >= 4 is 0 Å². The molecule has 2 rings (SSSR count). The molecule has 1 fully saturated rings. The van der Waals surface area contributed by atoms with Crippen LogP contribution < -0.4 is 0 Å². The SMILES string of the molecule is CC(CO)N(Cc1ccc(F)cc1C(F)(F)F)CC1CCC1. The fourth-order valence-corrected chi connectivity index (χ4v) is 2.69. The van der Waals surface area contributed by atoms with E-state index >= 15 is 0 Å². The molecule has 1 unspecified atom stereocenters. The minimum absolute atomic E-state index is 0.0496. The van der Waals surface area contributed by atoms with Gasteiger partial charge in [0.15, 0.2) is 0 Å². The summed E-state index contributed by atoms with van der Waals surface area (Å²) in [6.45, 7) is 2.40. The molecule has 0 aromatic heterocycles. The zero-order valence-electron chi connectivity index (χ0n) is 12.5. The highest BCUT2D eigenvalue weighted by Gasteiger charge is 2.34. The average Bonchev–Trinajstić information content (AvgIpc) is 2.40. The van der Waals surface area contributed by atoms with Crippen molar-refractivity contribution in [3.63, 3.8) is 0 Å². The van der Waals surface area contributed by atoms with Gasteiger partial charge in [-0.3, -0.25) is 4.90 Å². The number of alkyl halides is 3. The maximum Gasteiger partial charge on any atom is 0.416 e. The largest absolute Gasteiger partial charge is 0.416 e. The Hall–Kier alpha value is -1.14. The number of rotatable bonds is 6. The fourth-order valence-electron chi connectivity index (χ4n) is 2.69. The lowest BCUT2D eigenvalue weighted by molar-refractivity contribution is -0.138. The number of aliphatic hydroxyl groups is 1. The Morgan fingerprint density at radius 2 is 2.00 bits per heavy atom. The molecular formula is C16H21F4NO. The van der Waals surface area contributed by atoms with Gasteiger partial charge in [0, 0.05) is 19.1 Å². The molecule has 1 aromatic rings. The Balaban J connectivity index is 2.21. The van der Waals surface area contributed by atoms with Crippen LogP contribution in [0.15, 0.2) is 18.2 Å². The second-order valence-electron chi connectivity index (χ2n) is 6.06. The Labute approximate surface area is 127 Å². The molecular weight excluding hydrogens is 298 g/mol. The summed E-state index contributed by atoms with van der Waals surface area (Å²) in [6, 6.07) is 2.55. The van der Waals surface area contributed by atoms with Crippen molar-refractivity contribution in [2.24, 2.45) is 5.92 Å². The molecule has 2 nitrogen and oxygen atoms in total. The van der Waals surface area contributed by atoms with Gasteiger partial charge in [-0.2, -0.15) is 13.2 Å². The topological polar surface area (TPSA) is 23.5 Å². The first kappa shape index (κ1) is 17.2. The molecule has 1 aliphatic rings. The van der Waals surface area contributed by atoms with Gasteiger partial charge >= 0.3 is 6.18 Å². The molecule has 0 radical (unpaired) electrons. The predicted octanol–water partition coefficient (Wildman–Crippen LogP) is 3.83. The summed E-state index contributed by atoms with van der Waals surface area (Å²) in [5.41, 5.74) is -0.884. The summed E-state index contributed by atoms with van der Waals surface area (Å²) in [5.74, 6) is -0.416.